The summed E-state index contributed by atoms with van der Waals surface area (Å²) in [6.45, 7) is 5.76. The van der Waals surface area contributed by atoms with E-state index in [1.54, 1.807) is 20.3 Å². The second kappa shape index (κ2) is 5.56. The van der Waals surface area contributed by atoms with Gasteiger partial charge in [0.05, 0.1) is 20.8 Å². The van der Waals surface area contributed by atoms with Crippen LogP contribution in [0.15, 0.2) is 24.3 Å². The molecule has 0 spiro atoms. The van der Waals surface area contributed by atoms with Gasteiger partial charge in [-0.15, -0.1) is 0 Å². The van der Waals surface area contributed by atoms with E-state index < -0.39 is 0 Å². The van der Waals surface area contributed by atoms with Gasteiger partial charge in [0.15, 0.2) is 0 Å². The topological polar surface area (TPSA) is 38.7 Å². The molecule has 3 heteroatoms. The standard InChI is InChI=1S/C13H18O3/c1-9(2)7-10-11(8-14)13(16-4)6-5-12(10)15-3/h5-6,14H,1,7-8H2,2-4H3. The molecule has 0 heterocycles. The van der Waals surface area contributed by atoms with E-state index in [0.717, 1.165) is 22.4 Å². The van der Waals surface area contributed by atoms with Crippen LogP contribution in [-0.2, 0) is 13.0 Å². The molecule has 0 atom stereocenters. The van der Waals surface area contributed by atoms with Crippen molar-refractivity contribution in [2.45, 2.75) is 20.0 Å². The molecule has 0 radical (unpaired) electrons. The van der Waals surface area contributed by atoms with Crippen molar-refractivity contribution >= 4 is 0 Å². The molecular weight excluding hydrogens is 204 g/mol. The summed E-state index contributed by atoms with van der Waals surface area (Å²) in [4.78, 5) is 0. The third-order valence-corrected chi connectivity index (χ3v) is 2.42. The molecule has 0 unspecified atom stereocenters. The summed E-state index contributed by atoms with van der Waals surface area (Å²) in [6, 6.07) is 3.64. The molecule has 1 aromatic rings. The van der Waals surface area contributed by atoms with Gasteiger partial charge in [-0.2, -0.15) is 0 Å². The van der Waals surface area contributed by atoms with Gasteiger partial charge in [0.1, 0.15) is 11.5 Å². The molecule has 3 nitrogen and oxygen atoms in total. The molecule has 16 heavy (non-hydrogen) atoms. The maximum atomic E-state index is 9.40. The summed E-state index contributed by atoms with van der Waals surface area (Å²) in [5.74, 6) is 1.44. The molecule has 1 aromatic carbocycles. The van der Waals surface area contributed by atoms with Crippen LogP contribution in [0.1, 0.15) is 18.1 Å². The summed E-state index contributed by atoms with van der Waals surface area (Å²) in [5.41, 5.74) is 2.72. The summed E-state index contributed by atoms with van der Waals surface area (Å²) in [7, 11) is 3.20. The number of allylic oxidation sites excluding steroid dienone is 1. The molecule has 0 aliphatic rings. The number of aliphatic hydroxyl groups excluding tert-OH is 1. The molecule has 1 N–H and O–H groups in total. The van der Waals surface area contributed by atoms with E-state index in [0.29, 0.717) is 12.2 Å². The van der Waals surface area contributed by atoms with Gasteiger partial charge in [-0.25, -0.2) is 0 Å². The smallest absolute Gasteiger partial charge is 0.124 e. The lowest BCUT2D eigenvalue weighted by molar-refractivity contribution is 0.271. The monoisotopic (exact) mass is 222 g/mol. The van der Waals surface area contributed by atoms with Crippen LogP contribution in [-0.4, -0.2) is 19.3 Å². The minimum Gasteiger partial charge on any atom is -0.496 e. The highest BCUT2D eigenvalue weighted by Gasteiger charge is 2.13. The van der Waals surface area contributed by atoms with E-state index in [4.69, 9.17) is 9.47 Å². The van der Waals surface area contributed by atoms with Crippen LogP contribution in [0.3, 0.4) is 0 Å². The van der Waals surface area contributed by atoms with Crippen molar-refractivity contribution in [1.82, 2.24) is 0 Å². The van der Waals surface area contributed by atoms with Crippen LogP contribution in [0, 0.1) is 0 Å². The summed E-state index contributed by atoms with van der Waals surface area (Å²) >= 11 is 0. The zero-order chi connectivity index (χ0) is 12.1. The van der Waals surface area contributed by atoms with Crippen LogP contribution >= 0.6 is 0 Å². The highest BCUT2D eigenvalue weighted by molar-refractivity contribution is 5.49. The number of hydrogen-bond donors (Lipinski definition) is 1. The second-order valence-electron chi connectivity index (χ2n) is 3.72. The van der Waals surface area contributed by atoms with Crippen LogP contribution in [0.5, 0.6) is 11.5 Å². The zero-order valence-electron chi connectivity index (χ0n) is 10.0. The Kier molecular flexibility index (Phi) is 4.38. The zero-order valence-corrected chi connectivity index (χ0v) is 10.0. The fourth-order valence-electron chi connectivity index (χ4n) is 1.70. The first-order chi connectivity index (χ1) is 7.63. The summed E-state index contributed by atoms with van der Waals surface area (Å²) < 4.78 is 10.5. The molecule has 0 amide bonds. The molecule has 0 aromatic heterocycles. The Balaban J connectivity index is 3.30. The van der Waals surface area contributed by atoms with Gasteiger partial charge in [0, 0.05) is 11.1 Å². The van der Waals surface area contributed by atoms with Crippen molar-refractivity contribution in [3.05, 3.63) is 35.4 Å². The second-order valence-corrected chi connectivity index (χ2v) is 3.72. The van der Waals surface area contributed by atoms with Crippen molar-refractivity contribution in [3.63, 3.8) is 0 Å². The first kappa shape index (κ1) is 12.6. The Hall–Kier alpha value is -1.48. The van der Waals surface area contributed by atoms with Gasteiger partial charge >= 0.3 is 0 Å². The maximum absolute atomic E-state index is 9.40. The Morgan fingerprint density at radius 1 is 1.19 bits per heavy atom. The van der Waals surface area contributed by atoms with Crippen molar-refractivity contribution in [1.29, 1.82) is 0 Å². The minimum absolute atomic E-state index is 0.0665. The van der Waals surface area contributed by atoms with Gasteiger partial charge < -0.3 is 14.6 Å². The third-order valence-electron chi connectivity index (χ3n) is 2.42. The van der Waals surface area contributed by atoms with Gasteiger partial charge in [-0.05, 0) is 25.5 Å². The third kappa shape index (κ3) is 2.55. The number of rotatable bonds is 5. The predicted molar refractivity (Wildman–Crippen MR) is 64.0 cm³/mol. The molecule has 0 fully saturated rings. The van der Waals surface area contributed by atoms with Crippen molar-refractivity contribution in [2.75, 3.05) is 14.2 Å². The lowest BCUT2D eigenvalue weighted by atomic mass is 9.99. The Morgan fingerprint density at radius 3 is 2.06 bits per heavy atom. The summed E-state index contributed by atoms with van der Waals surface area (Å²) in [6.07, 6.45) is 0.677. The maximum Gasteiger partial charge on any atom is 0.124 e. The first-order valence-corrected chi connectivity index (χ1v) is 5.12. The quantitative estimate of drug-likeness (QED) is 0.777. The van der Waals surface area contributed by atoms with Gasteiger partial charge in [-0.1, -0.05) is 12.2 Å². The predicted octanol–water partition coefficient (Wildman–Crippen LogP) is 2.31. The van der Waals surface area contributed by atoms with Crippen LogP contribution in [0.25, 0.3) is 0 Å². The minimum atomic E-state index is -0.0665. The SMILES string of the molecule is C=C(C)Cc1c(OC)ccc(OC)c1CO. The van der Waals surface area contributed by atoms with Crippen LogP contribution in [0.2, 0.25) is 0 Å². The average Bonchev–Trinajstić information content (AvgIpc) is 2.27. The van der Waals surface area contributed by atoms with Gasteiger partial charge in [0.25, 0.3) is 0 Å². The number of ether oxygens (including phenoxy) is 2. The fourth-order valence-corrected chi connectivity index (χ4v) is 1.70. The van der Waals surface area contributed by atoms with Gasteiger partial charge in [0.2, 0.25) is 0 Å². The largest absolute Gasteiger partial charge is 0.496 e. The van der Waals surface area contributed by atoms with Crippen molar-refractivity contribution < 1.29 is 14.6 Å². The van der Waals surface area contributed by atoms with E-state index in [1.165, 1.54) is 0 Å². The molecule has 0 aliphatic heterocycles. The fraction of sp³-hybridized carbons (Fsp3) is 0.385. The van der Waals surface area contributed by atoms with Crippen LogP contribution in [0.4, 0.5) is 0 Å². The van der Waals surface area contributed by atoms with E-state index in [9.17, 15) is 5.11 Å². The Labute approximate surface area is 96.3 Å². The highest BCUT2D eigenvalue weighted by Crippen LogP contribution is 2.32. The highest BCUT2D eigenvalue weighted by atomic mass is 16.5. The van der Waals surface area contributed by atoms with Crippen LogP contribution < -0.4 is 9.47 Å². The molecule has 1 rings (SSSR count). The van der Waals surface area contributed by atoms with Crippen molar-refractivity contribution in [2.24, 2.45) is 0 Å². The van der Waals surface area contributed by atoms with E-state index in [2.05, 4.69) is 6.58 Å². The lowest BCUT2D eigenvalue weighted by Gasteiger charge is -2.15. The molecule has 0 saturated heterocycles. The normalized spacial score (nSPS) is 10.0. The first-order valence-electron chi connectivity index (χ1n) is 5.12. The number of hydrogen-bond acceptors (Lipinski definition) is 3. The Morgan fingerprint density at radius 2 is 1.69 bits per heavy atom. The molecular formula is C13H18O3. The lowest BCUT2D eigenvalue weighted by Crippen LogP contribution is -2.02. The van der Waals surface area contributed by atoms with E-state index >= 15 is 0 Å². The molecule has 0 bridgehead atoms. The summed E-state index contributed by atoms with van der Waals surface area (Å²) in [5, 5.41) is 9.40. The van der Waals surface area contributed by atoms with E-state index in [-0.39, 0.29) is 6.61 Å². The number of aliphatic hydroxyl groups is 1. The van der Waals surface area contributed by atoms with E-state index in [1.807, 2.05) is 13.0 Å². The number of methoxy groups -OCH3 is 2. The molecule has 88 valence electrons. The molecule has 0 saturated carbocycles. The molecule has 0 aliphatic carbocycles. The Bertz CT molecular complexity index is 383. The number of benzene rings is 1. The van der Waals surface area contributed by atoms with Crippen molar-refractivity contribution in [3.8, 4) is 11.5 Å². The average molecular weight is 222 g/mol. The van der Waals surface area contributed by atoms with Gasteiger partial charge in [-0.3, -0.25) is 0 Å².